The number of hydrogen-bond donors (Lipinski definition) is 0. The second-order valence-corrected chi connectivity index (χ2v) is 6.80. The first-order valence-electron chi connectivity index (χ1n) is 9.03. The molecule has 2 fully saturated rings. The van der Waals surface area contributed by atoms with E-state index in [0.717, 1.165) is 51.4 Å². The maximum absolute atomic E-state index is 12.8. The number of rotatable bonds is 4. The SMILES string of the molecule is O=C1[C@H](N2CCN(Cc3cccnc3)CC2)CCN1c1ccccc1. The predicted octanol–water partition coefficient (Wildman–Crippen LogP) is 2.00. The van der Waals surface area contributed by atoms with Crippen molar-refractivity contribution in [2.24, 2.45) is 0 Å². The molecule has 1 amide bonds. The van der Waals surface area contributed by atoms with E-state index in [4.69, 9.17) is 0 Å². The summed E-state index contributed by atoms with van der Waals surface area (Å²) in [5.74, 6) is 0.256. The molecule has 0 radical (unpaired) electrons. The molecule has 0 saturated carbocycles. The summed E-state index contributed by atoms with van der Waals surface area (Å²) in [6.07, 6.45) is 4.67. The van der Waals surface area contributed by atoms with Crippen molar-refractivity contribution >= 4 is 11.6 Å². The Kier molecular flexibility index (Phi) is 4.76. The molecule has 0 spiro atoms. The van der Waals surface area contributed by atoms with Crippen LogP contribution in [0.15, 0.2) is 54.9 Å². The Labute approximate surface area is 148 Å². The number of pyridine rings is 1. The summed E-state index contributed by atoms with van der Waals surface area (Å²) in [4.78, 5) is 23.8. The number of carbonyl (C=O) groups is 1. The van der Waals surface area contributed by atoms with Crippen molar-refractivity contribution in [1.82, 2.24) is 14.8 Å². The highest BCUT2D eigenvalue weighted by Gasteiger charge is 2.37. The van der Waals surface area contributed by atoms with E-state index in [1.165, 1.54) is 5.56 Å². The smallest absolute Gasteiger partial charge is 0.244 e. The van der Waals surface area contributed by atoms with Crippen molar-refractivity contribution in [1.29, 1.82) is 0 Å². The minimum Gasteiger partial charge on any atom is -0.311 e. The van der Waals surface area contributed by atoms with E-state index >= 15 is 0 Å². The first kappa shape index (κ1) is 16.2. The van der Waals surface area contributed by atoms with Crippen LogP contribution in [0, 0.1) is 0 Å². The fourth-order valence-corrected chi connectivity index (χ4v) is 3.85. The molecule has 1 aromatic heterocycles. The zero-order valence-corrected chi connectivity index (χ0v) is 14.4. The van der Waals surface area contributed by atoms with Gasteiger partial charge in [0.05, 0.1) is 6.04 Å². The van der Waals surface area contributed by atoms with Crippen LogP contribution < -0.4 is 4.90 Å². The minimum absolute atomic E-state index is 0.0424. The van der Waals surface area contributed by atoms with Crippen molar-refractivity contribution in [3.63, 3.8) is 0 Å². The maximum Gasteiger partial charge on any atom is 0.244 e. The summed E-state index contributed by atoms with van der Waals surface area (Å²) in [6, 6.07) is 14.2. The second kappa shape index (κ2) is 7.33. The Hall–Kier alpha value is -2.24. The van der Waals surface area contributed by atoms with Crippen molar-refractivity contribution in [2.45, 2.75) is 19.0 Å². The monoisotopic (exact) mass is 336 g/mol. The van der Waals surface area contributed by atoms with Gasteiger partial charge in [0.2, 0.25) is 5.91 Å². The first-order valence-corrected chi connectivity index (χ1v) is 9.03. The third-order valence-electron chi connectivity index (χ3n) is 5.22. The predicted molar refractivity (Wildman–Crippen MR) is 98.3 cm³/mol. The van der Waals surface area contributed by atoms with Crippen LogP contribution in [-0.2, 0) is 11.3 Å². The van der Waals surface area contributed by atoms with Gasteiger partial charge in [-0.2, -0.15) is 0 Å². The van der Waals surface area contributed by atoms with Crippen LogP contribution in [0.3, 0.4) is 0 Å². The summed E-state index contributed by atoms with van der Waals surface area (Å²) in [7, 11) is 0. The van der Waals surface area contributed by atoms with E-state index in [2.05, 4.69) is 20.9 Å². The molecule has 2 aliphatic rings. The highest BCUT2D eigenvalue weighted by Crippen LogP contribution is 2.25. The molecular weight excluding hydrogens is 312 g/mol. The molecule has 0 N–H and O–H groups in total. The zero-order valence-electron chi connectivity index (χ0n) is 14.4. The van der Waals surface area contributed by atoms with Crippen LogP contribution in [0.4, 0.5) is 5.69 Å². The Bertz CT molecular complexity index is 698. The largest absolute Gasteiger partial charge is 0.311 e. The van der Waals surface area contributed by atoms with Crippen LogP contribution in [0.5, 0.6) is 0 Å². The fourth-order valence-electron chi connectivity index (χ4n) is 3.85. The first-order chi connectivity index (χ1) is 12.3. The third kappa shape index (κ3) is 3.57. The molecule has 25 heavy (non-hydrogen) atoms. The van der Waals surface area contributed by atoms with Crippen LogP contribution >= 0.6 is 0 Å². The Morgan fingerprint density at radius 1 is 0.960 bits per heavy atom. The molecule has 2 saturated heterocycles. The summed E-state index contributed by atoms with van der Waals surface area (Å²) in [6.45, 7) is 5.69. The molecule has 0 aliphatic carbocycles. The Morgan fingerprint density at radius 2 is 1.76 bits per heavy atom. The van der Waals surface area contributed by atoms with Gasteiger partial charge in [0.25, 0.3) is 0 Å². The summed E-state index contributed by atoms with van der Waals surface area (Å²) < 4.78 is 0. The number of amides is 1. The lowest BCUT2D eigenvalue weighted by molar-refractivity contribution is -0.122. The summed E-state index contributed by atoms with van der Waals surface area (Å²) in [5.41, 5.74) is 2.27. The Morgan fingerprint density at radius 3 is 2.48 bits per heavy atom. The van der Waals surface area contributed by atoms with E-state index in [-0.39, 0.29) is 11.9 Å². The lowest BCUT2D eigenvalue weighted by Gasteiger charge is -2.37. The van der Waals surface area contributed by atoms with Gasteiger partial charge >= 0.3 is 0 Å². The molecule has 2 aliphatic heterocycles. The normalized spacial score (nSPS) is 22.5. The van der Waals surface area contributed by atoms with Gasteiger partial charge in [0, 0.05) is 57.3 Å². The minimum atomic E-state index is 0.0424. The fraction of sp³-hybridized carbons (Fsp3) is 0.400. The van der Waals surface area contributed by atoms with E-state index < -0.39 is 0 Å². The molecule has 0 bridgehead atoms. The maximum atomic E-state index is 12.8. The summed E-state index contributed by atoms with van der Waals surface area (Å²) in [5, 5.41) is 0. The molecule has 5 heteroatoms. The average molecular weight is 336 g/mol. The molecule has 2 aromatic rings. The van der Waals surface area contributed by atoms with Crippen molar-refractivity contribution < 1.29 is 4.79 Å². The molecule has 5 nitrogen and oxygen atoms in total. The van der Waals surface area contributed by atoms with Gasteiger partial charge in [-0.05, 0) is 30.2 Å². The molecular formula is C20H24N4O. The molecule has 4 rings (SSSR count). The lowest BCUT2D eigenvalue weighted by Crippen LogP contribution is -2.52. The highest BCUT2D eigenvalue weighted by atomic mass is 16.2. The molecule has 1 aromatic carbocycles. The summed E-state index contributed by atoms with van der Waals surface area (Å²) >= 11 is 0. The zero-order chi connectivity index (χ0) is 17.1. The van der Waals surface area contributed by atoms with Crippen LogP contribution in [0.2, 0.25) is 0 Å². The molecule has 130 valence electrons. The molecule has 3 heterocycles. The van der Waals surface area contributed by atoms with Gasteiger partial charge in [-0.3, -0.25) is 19.6 Å². The van der Waals surface area contributed by atoms with Gasteiger partial charge in [-0.25, -0.2) is 0 Å². The van der Waals surface area contributed by atoms with Crippen molar-refractivity contribution in [2.75, 3.05) is 37.6 Å². The lowest BCUT2D eigenvalue weighted by atomic mass is 10.1. The number of aromatic nitrogens is 1. The molecule has 0 unspecified atom stereocenters. The van der Waals surface area contributed by atoms with Crippen molar-refractivity contribution in [3.8, 4) is 0 Å². The standard InChI is InChI=1S/C20H24N4O/c25-20-19(8-10-24(20)18-6-2-1-3-7-18)23-13-11-22(12-14-23)16-17-5-4-9-21-15-17/h1-7,9,15,19H,8,10-14,16H2/t19-/m1/s1. The Balaban J connectivity index is 1.33. The van der Waals surface area contributed by atoms with E-state index in [1.54, 1.807) is 0 Å². The quantitative estimate of drug-likeness (QED) is 0.856. The number of para-hydroxylation sites is 1. The van der Waals surface area contributed by atoms with Gasteiger partial charge in [0.15, 0.2) is 0 Å². The van der Waals surface area contributed by atoms with Crippen LogP contribution in [0.25, 0.3) is 0 Å². The number of piperazine rings is 1. The van der Waals surface area contributed by atoms with Gasteiger partial charge in [0.1, 0.15) is 0 Å². The van der Waals surface area contributed by atoms with Crippen LogP contribution in [-0.4, -0.2) is 59.5 Å². The third-order valence-corrected chi connectivity index (χ3v) is 5.22. The second-order valence-electron chi connectivity index (χ2n) is 6.80. The highest BCUT2D eigenvalue weighted by molar-refractivity contribution is 5.99. The topological polar surface area (TPSA) is 39.7 Å². The number of anilines is 1. The van der Waals surface area contributed by atoms with Crippen molar-refractivity contribution in [3.05, 3.63) is 60.4 Å². The van der Waals surface area contributed by atoms with Gasteiger partial charge in [-0.1, -0.05) is 24.3 Å². The number of nitrogens with zero attached hydrogens (tertiary/aromatic N) is 4. The van der Waals surface area contributed by atoms with Gasteiger partial charge < -0.3 is 4.90 Å². The van der Waals surface area contributed by atoms with Crippen LogP contribution in [0.1, 0.15) is 12.0 Å². The van der Waals surface area contributed by atoms with E-state index in [0.29, 0.717) is 0 Å². The number of carbonyl (C=O) groups excluding carboxylic acids is 1. The van der Waals surface area contributed by atoms with E-state index in [1.807, 2.05) is 53.7 Å². The number of benzene rings is 1. The number of hydrogen-bond acceptors (Lipinski definition) is 4. The van der Waals surface area contributed by atoms with Gasteiger partial charge in [-0.15, -0.1) is 0 Å². The average Bonchev–Trinajstić information content (AvgIpc) is 3.05. The van der Waals surface area contributed by atoms with E-state index in [9.17, 15) is 4.79 Å². The molecule has 1 atom stereocenters.